The van der Waals surface area contributed by atoms with Gasteiger partial charge in [0.25, 0.3) is 5.56 Å². The topological polar surface area (TPSA) is 59.0 Å². The summed E-state index contributed by atoms with van der Waals surface area (Å²) in [6, 6.07) is 4.40. The van der Waals surface area contributed by atoms with E-state index >= 15 is 0 Å². The lowest BCUT2D eigenvalue weighted by Gasteiger charge is -2.35. The maximum atomic E-state index is 13.1. The van der Waals surface area contributed by atoms with Gasteiger partial charge in [-0.05, 0) is 37.0 Å². The number of hydrogen-bond acceptors (Lipinski definition) is 6. The Morgan fingerprint density at radius 1 is 1.29 bits per heavy atom. The highest BCUT2D eigenvalue weighted by molar-refractivity contribution is 5.96. The molecule has 0 bridgehead atoms. The van der Waals surface area contributed by atoms with Crippen LogP contribution in [0.2, 0.25) is 0 Å². The molecule has 1 fully saturated rings. The van der Waals surface area contributed by atoms with E-state index in [1.54, 1.807) is 11.7 Å². The maximum Gasteiger partial charge on any atom is 0.258 e. The van der Waals surface area contributed by atoms with Gasteiger partial charge in [-0.15, -0.1) is 0 Å². The summed E-state index contributed by atoms with van der Waals surface area (Å²) in [6.45, 7) is 7.48. The largest absolute Gasteiger partial charge is 0.384 e. The Morgan fingerprint density at radius 2 is 2.07 bits per heavy atom. The molecule has 0 saturated carbocycles. The van der Waals surface area contributed by atoms with Crippen LogP contribution in [0.15, 0.2) is 16.9 Å². The van der Waals surface area contributed by atoms with Crippen LogP contribution in [0.25, 0.3) is 10.9 Å². The van der Waals surface area contributed by atoms with E-state index in [1.807, 2.05) is 0 Å². The molecule has 0 spiro atoms. The predicted octanol–water partition coefficient (Wildman–Crippen LogP) is 1.95. The SMILES string of the molecule is COCn1c(=O)c2c(c3c(C)cc(CN(C)N4CCOCC4)cc31)NCCC2. The van der Waals surface area contributed by atoms with Crippen LogP contribution in [0.1, 0.15) is 23.1 Å². The van der Waals surface area contributed by atoms with Crippen LogP contribution < -0.4 is 10.9 Å². The van der Waals surface area contributed by atoms with Gasteiger partial charge >= 0.3 is 0 Å². The third kappa shape index (κ3) is 3.55. The Labute approximate surface area is 165 Å². The molecule has 0 radical (unpaired) electrons. The van der Waals surface area contributed by atoms with Crippen molar-refractivity contribution in [1.82, 2.24) is 14.6 Å². The Kier molecular flexibility index (Phi) is 5.68. The number of hydrazine groups is 1. The van der Waals surface area contributed by atoms with Crippen molar-refractivity contribution in [3.8, 4) is 0 Å². The summed E-state index contributed by atoms with van der Waals surface area (Å²) < 4.78 is 12.6. The number of methoxy groups -OCH3 is 1. The fourth-order valence-corrected chi connectivity index (χ4v) is 4.42. The van der Waals surface area contributed by atoms with Gasteiger partial charge in [0.1, 0.15) is 6.73 Å². The number of nitrogens with one attached hydrogen (secondary N) is 1. The van der Waals surface area contributed by atoms with Crippen LogP contribution in [0.5, 0.6) is 0 Å². The average molecular weight is 386 g/mol. The number of fused-ring (bicyclic) bond motifs is 3. The van der Waals surface area contributed by atoms with Crippen LogP contribution in [0.3, 0.4) is 0 Å². The summed E-state index contributed by atoms with van der Waals surface area (Å²) in [5, 5.41) is 9.19. The molecule has 1 N–H and O–H groups in total. The van der Waals surface area contributed by atoms with Gasteiger partial charge in [0, 0.05) is 51.3 Å². The third-order valence-corrected chi connectivity index (χ3v) is 5.77. The second-order valence-electron chi connectivity index (χ2n) is 7.72. The molecule has 0 aliphatic carbocycles. The van der Waals surface area contributed by atoms with Crippen molar-refractivity contribution in [2.24, 2.45) is 0 Å². The van der Waals surface area contributed by atoms with Crippen LogP contribution >= 0.6 is 0 Å². The molecule has 1 saturated heterocycles. The second-order valence-corrected chi connectivity index (χ2v) is 7.72. The molecular formula is C21H30N4O3. The second kappa shape index (κ2) is 8.21. The highest BCUT2D eigenvalue weighted by Gasteiger charge is 2.22. The number of anilines is 1. The first-order valence-corrected chi connectivity index (χ1v) is 10.1. The molecule has 2 aliphatic heterocycles. The third-order valence-electron chi connectivity index (χ3n) is 5.77. The Hall–Kier alpha value is -1.93. The Morgan fingerprint density at radius 3 is 2.82 bits per heavy atom. The van der Waals surface area contributed by atoms with Gasteiger partial charge in [-0.3, -0.25) is 9.36 Å². The lowest BCUT2D eigenvalue weighted by molar-refractivity contribution is -0.0802. The molecule has 7 heteroatoms. The minimum absolute atomic E-state index is 0.0645. The molecule has 3 heterocycles. The summed E-state index contributed by atoms with van der Waals surface area (Å²) in [6.07, 6.45) is 1.81. The number of aryl methyl sites for hydroxylation is 1. The van der Waals surface area contributed by atoms with Crippen molar-refractivity contribution >= 4 is 16.6 Å². The summed E-state index contributed by atoms with van der Waals surface area (Å²) in [5.74, 6) is 0. The highest BCUT2D eigenvalue weighted by Crippen LogP contribution is 2.32. The maximum absolute atomic E-state index is 13.1. The average Bonchev–Trinajstić information content (AvgIpc) is 2.71. The van der Waals surface area contributed by atoms with Crippen LogP contribution in [0, 0.1) is 6.92 Å². The van der Waals surface area contributed by atoms with Gasteiger partial charge in [0.05, 0.1) is 24.4 Å². The number of pyridine rings is 1. The summed E-state index contributed by atoms with van der Waals surface area (Å²) in [5.41, 5.74) is 5.30. The first-order valence-electron chi connectivity index (χ1n) is 10.1. The quantitative estimate of drug-likeness (QED) is 0.848. The van der Waals surface area contributed by atoms with Gasteiger partial charge in [-0.25, -0.2) is 10.0 Å². The van der Waals surface area contributed by atoms with Crippen molar-refractivity contribution in [2.75, 3.05) is 52.3 Å². The predicted molar refractivity (Wildman–Crippen MR) is 111 cm³/mol. The molecule has 28 heavy (non-hydrogen) atoms. The number of aromatic nitrogens is 1. The first kappa shape index (κ1) is 19.4. The van der Waals surface area contributed by atoms with Crippen LogP contribution in [0.4, 0.5) is 5.69 Å². The van der Waals surface area contributed by atoms with E-state index < -0.39 is 0 Å². The monoisotopic (exact) mass is 386 g/mol. The fraction of sp³-hybridized carbons (Fsp3) is 0.571. The number of rotatable bonds is 5. The van der Waals surface area contributed by atoms with Crippen LogP contribution in [-0.2, 0) is 29.2 Å². The zero-order valence-corrected chi connectivity index (χ0v) is 17.1. The molecule has 7 nitrogen and oxygen atoms in total. The molecular weight excluding hydrogens is 356 g/mol. The molecule has 1 aromatic carbocycles. The zero-order chi connectivity index (χ0) is 19.7. The van der Waals surface area contributed by atoms with Crippen molar-refractivity contribution in [1.29, 1.82) is 0 Å². The minimum Gasteiger partial charge on any atom is -0.384 e. The van der Waals surface area contributed by atoms with E-state index in [0.717, 1.165) is 74.4 Å². The van der Waals surface area contributed by atoms with Crippen molar-refractivity contribution < 1.29 is 9.47 Å². The van der Waals surface area contributed by atoms with E-state index in [1.165, 1.54) is 11.1 Å². The van der Waals surface area contributed by atoms with Crippen molar-refractivity contribution in [3.63, 3.8) is 0 Å². The van der Waals surface area contributed by atoms with Gasteiger partial charge in [-0.1, -0.05) is 6.07 Å². The number of ether oxygens (including phenoxy) is 2. The molecule has 152 valence electrons. The smallest absolute Gasteiger partial charge is 0.258 e. The van der Waals surface area contributed by atoms with E-state index in [-0.39, 0.29) is 12.3 Å². The van der Waals surface area contributed by atoms with Gasteiger partial charge < -0.3 is 14.8 Å². The van der Waals surface area contributed by atoms with Crippen molar-refractivity contribution in [3.05, 3.63) is 39.2 Å². The number of nitrogens with zero attached hydrogens (tertiary/aromatic N) is 3. The standard InChI is InChI=1S/C21H30N4O3/c1-15-11-16(13-23(2)24-7-9-28-10-8-24)12-18-19(15)20-17(5-4-6-22-20)21(26)25(18)14-27-3/h11-12,22H,4-10,13-14H2,1-3H3. The fourth-order valence-electron chi connectivity index (χ4n) is 4.42. The Bertz CT molecular complexity index is 918. The van der Waals surface area contributed by atoms with E-state index in [9.17, 15) is 4.79 Å². The number of benzene rings is 1. The molecule has 0 unspecified atom stereocenters. The lowest BCUT2D eigenvalue weighted by Crippen LogP contribution is -2.46. The summed E-state index contributed by atoms with van der Waals surface area (Å²) in [7, 11) is 3.75. The molecule has 0 amide bonds. The van der Waals surface area contributed by atoms with E-state index in [0.29, 0.717) is 0 Å². The van der Waals surface area contributed by atoms with Gasteiger partial charge in [0.15, 0.2) is 0 Å². The molecule has 2 aromatic rings. The number of hydrogen-bond donors (Lipinski definition) is 1. The number of morpholine rings is 1. The Balaban J connectivity index is 1.78. The van der Waals surface area contributed by atoms with E-state index in [2.05, 4.69) is 41.4 Å². The molecule has 0 atom stereocenters. The first-order chi connectivity index (χ1) is 13.6. The van der Waals surface area contributed by atoms with Crippen LogP contribution in [-0.4, -0.2) is 61.6 Å². The van der Waals surface area contributed by atoms with Gasteiger partial charge in [0.2, 0.25) is 0 Å². The minimum atomic E-state index is 0.0645. The van der Waals surface area contributed by atoms with Crippen molar-refractivity contribution in [2.45, 2.75) is 33.0 Å². The zero-order valence-electron chi connectivity index (χ0n) is 17.1. The molecule has 1 aromatic heterocycles. The molecule has 2 aliphatic rings. The normalized spacial score (nSPS) is 17.7. The van der Waals surface area contributed by atoms with E-state index in [4.69, 9.17) is 9.47 Å². The summed E-state index contributed by atoms with van der Waals surface area (Å²) >= 11 is 0. The lowest BCUT2D eigenvalue weighted by atomic mass is 9.97. The van der Waals surface area contributed by atoms with Gasteiger partial charge in [-0.2, -0.15) is 0 Å². The molecule has 4 rings (SSSR count). The highest BCUT2D eigenvalue weighted by atomic mass is 16.5. The summed E-state index contributed by atoms with van der Waals surface area (Å²) in [4.78, 5) is 13.1.